The second-order valence-corrected chi connectivity index (χ2v) is 7.18. The van der Waals surface area contributed by atoms with E-state index in [0.717, 1.165) is 31.5 Å². The van der Waals surface area contributed by atoms with Crippen LogP contribution in [0, 0.1) is 0 Å². The molecular formula is C19H30N4O. The van der Waals surface area contributed by atoms with Gasteiger partial charge in [-0.1, -0.05) is 12.1 Å². The first kappa shape index (κ1) is 17.1. The smallest absolute Gasteiger partial charge is 0.317 e. The van der Waals surface area contributed by atoms with E-state index in [1.165, 1.54) is 31.6 Å². The monoisotopic (exact) mass is 330 g/mol. The fraction of sp³-hybridized carbons (Fsp3) is 0.632. The van der Waals surface area contributed by atoms with E-state index in [4.69, 9.17) is 0 Å². The molecule has 0 atom stereocenters. The number of likely N-dealkylation sites (tertiary alicyclic amines) is 2. The lowest BCUT2D eigenvalue weighted by atomic mass is 10.0. The van der Waals surface area contributed by atoms with Gasteiger partial charge < -0.3 is 20.0 Å². The Morgan fingerprint density at radius 1 is 1.08 bits per heavy atom. The van der Waals surface area contributed by atoms with Gasteiger partial charge in [-0.2, -0.15) is 0 Å². The Labute approximate surface area is 145 Å². The van der Waals surface area contributed by atoms with E-state index in [1.807, 2.05) is 19.0 Å². The summed E-state index contributed by atoms with van der Waals surface area (Å²) in [6.07, 6.45) is 4.91. The van der Waals surface area contributed by atoms with Crippen LogP contribution >= 0.6 is 0 Å². The van der Waals surface area contributed by atoms with Gasteiger partial charge in [-0.25, -0.2) is 4.79 Å². The van der Waals surface area contributed by atoms with Crippen LogP contribution in [0.25, 0.3) is 0 Å². The molecule has 0 unspecified atom stereocenters. The Bertz CT molecular complexity index is 529. The summed E-state index contributed by atoms with van der Waals surface area (Å²) in [6, 6.07) is 9.10. The molecule has 0 aliphatic carbocycles. The number of carbonyl (C=O) groups is 1. The number of hydrogen-bond donors (Lipinski definition) is 1. The van der Waals surface area contributed by atoms with Crippen molar-refractivity contribution in [1.82, 2.24) is 15.1 Å². The molecule has 24 heavy (non-hydrogen) atoms. The highest BCUT2D eigenvalue weighted by Crippen LogP contribution is 2.21. The molecule has 1 aromatic rings. The van der Waals surface area contributed by atoms with E-state index in [9.17, 15) is 4.79 Å². The first-order valence-electron chi connectivity index (χ1n) is 9.16. The van der Waals surface area contributed by atoms with E-state index in [2.05, 4.69) is 39.4 Å². The molecule has 0 bridgehead atoms. The van der Waals surface area contributed by atoms with E-state index in [-0.39, 0.29) is 6.03 Å². The Kier molecular flexibility index (Phi) is 5.61. The van der Waals surface area contributed by atoms with Gasteiger partial charge in [-0.05, 0) is 56.5 Å². The summed E-state index contributed by atoms with van der Waals surface area (Å²) in [5.41, 5.74) is 2.31. The third-order valence-electron chi connectivity index (χ3n) is 5.31. The van der Waals surface area contributed by atoms with Gasteiger partial charge in [0.05, 0.1) is 0 Å². The van der Waals surface area contributed by atoms with Crippen molar-refractivity contribution in [1.29, 1.82) is 0 Å². The average Bonchev–Trinajstić information content (AvgIpc) is 3.15. The van der Waals surface area contributed by atoms with Crippen LogP contribution < -0.4 is 10.2 Å². The van der Waals surface area contributed by atoms with Crippen LogP contribution in [0.2, 0.25) is 0 Å². The highest BCUT2D eigenvalue weighted by molar-refractivity contribution is 5.74. The summed E-state index contributed by atoms with van der Waals surface area (Å²) in [5.74, 6) is 0. The predicted molar refractivity (Wildman–Crippen MR) is 98.4 cm³/mol. The molecule has 2 heterocycles. The number of urea groups is 1. The zero-order valence-electron chi connectivity index (χ0n) is 15.0. The molecule has 5 heteroatoms. The van der Waals surface area contributed by atoms with Gasteiger partial charge in [0.1, 0.15) is 0 Å². The number of amides is 2. The molecule has 3 rings (SSSR count). The molecule has 2 aliphatic heterocycles. The Hall–Kier alpha value is -1.75. The molecule has 2 fully saturated rings. The third-order valence-corrected chi connectivity index (χ3v) is 5.31. The Morgan fingerprint density at radius 3 is 2.29 bits per heavy atom. The normalized spacial score (nSPS) is 19.5. The molecule has 0 saturated carbocycles. The van der Waals surface area contributed by atoms with Crippen LogP contribution in [0.4, 0.5) is 10.5 Å². The van der Waals surface area contributed by atoms with Gasteiger partial charge in [0.2, 0.25) is 0 Å². The van der Waals surface area contributed by atoms with Crippen molar-refractivity contribution in [2.75, 3.05) is 45.2 Å². The van der Waals surface area contributed by atoms with Crippen molar-refractivity contribution in [3.8, 4) is 0 Å². The van der Waals surface area contributed by atoms with Crippen molar-refractivity contribution in [2.45, 2.75) is 38.3 Å². The average molecular weight is 330 g/mol. The molecule has 1 aromatic carbocycles. The van der Waals surface area contributed by atoms with E-state index in [1.54, 1.807) is 0 Å². The number of rotatable bonds is 4. The predicted octanol–water partition coefficient (Wildman–Crippen LogP) is 2.52. The minimum absolute atomic E-state index is 0.0755. The molecule has 2 aliphatic rings. The van der Waals surface area contributed by atoms with Crippen molar-refractivity contribution in [3.63, 3.8) is 0 Å². The van der Waals surface area contributed by atoms with Crippen LogP contribution in [0.3, 0.4) is 0 Å². The quantitative estimate of drug-likeness (QED) is 0.922. The number of nitrogens with one attached hydrogen (secondary N) is 1. The topological polar surface area (TPSA) is 38.8 Å². The Balaban J connectivity index is 1.42. The molecule has 0 spiro atoms. The van der Waals surface area contributed by atoms with Crippen molar-refractivity contribution in [2.24, 2.45) is 0 Å². The summed E-state index contributed by atoms with van der Waals surface area (Å²) in [6.45, 7) is 4.86. The van der Waals surface area contributed by atoms with E-state index in [0.29, 0.717) is 12.6 Å². The summed E-state index contributed by atoms with van der Waals surface area (Å²) in [7, 11) is 4.06. The zero-order valence-corrected chi connectivity index (χ0v) is 15.0. The highest BCUT2D eigenvalue weighted by atomic mass is 16.2. The number of piperidine rings is 1. The van der Waals surface area contributed by atoms with E-state index >= 15 is 0 Å². The first-order chi connectivity index (χ1) is 11.6. The van der Waals surface area contributed by atoms with Crippen LogP contribution in [-0.2, 0) is 6.54 Å². The largest absolute Gasteiger partial charge is 0.378 e. The lowest BCUT2D eigenvalue weighted by Crippen LogP contribution is -2.48. The van der Waals surface area contributed by atoms with Gasteiger partial charge >= 0.3 is 6.03 Å². The lowest BCUT2D eigenvalue weighted by Gasteiger charge is -2.36. The lowest BCUT2D eigenvalue weighted by molar-refractivity contribution is 0.134. The summed E-state index contributed by atoms with van der Waals surface area (Å²) in [4.78, 5) is 19.0. The standard InChI is InChI=1S/C19H30N4O/c1-21(2)17-7-5-16(6-8-17)15-20-19(24)23-13-9-18(10-14-23)22-11-3-4-12-22/h5-8,18H,3-4,9-15H2,1-2H3,(H,20,24). The van der Waals surface area contributed by atoms with Gasteiger partial charge in [0, 0.05) is 45.5 Å². The fourth-order valence-electron chi connectivity index (χ4n) is 3.74. The highest BCUT2D eigenvalue weighted by Gasteiger charge is 2.28. The van der Waals surface area contributed by atoms with Crippen molar-refractivity contribution >= 4 is 11.7 Å². The van der Waals surface area contributed by atoms with Gasteiger partial charge in [-0.15, -0.1) is 0 Å². The Morgan fingerprint density at radius 2 is 1.71 bits per heavy atom. The molecule has 2 amide bonds. The SMILES string of the molecule is CN(C)c1ccc(CNC(=O)N2CCC(N3CCCC3)CC2)cc1. The van der Waals surface area contributed by atoms with Gasteiger partial charge in [-0.3, -0.25) is 0 Å². The van der Waals surface area contributed by atoms with Gasteiger partial charge in [0.15, 0.2) is 0 Å². The summed E-state index contributed by atoms with van der Waals surface area (Å²) in [5, 5.41) is 3.06. The minimum Gasteiger partial charge on any atom is -0.378 e. The number of nitrogens with zero attached hydrogens (tertiary/aromatic N) is 3. The summed E-state index contributed by atoms with van der Waals surface area (Å²) >= 11 is 0. The molecule has 0 aromatic heterocycles. The maximum absolute atomic E-state index is 12.4. The molecule has 5 nitrogen and oxygen atoms in total. The molecular weight excluding hydrogens is 300 g/mol. The molecule has 0 radical (unpaired) electrons. The summed E-state index contributed by atoms with van der Waals surface area (Å²) < 4.78 is 0. The third kappa shape index (κ3) is 4.20. The molecule has 1 N–H and O–H groups in total. The van der Waals surface area contributed by atoms with Crippen LogP contribution in [-0.4, -0.2) is 62.1 Å². The fourth-order valence-corrected chi connectivity index (χ4v) is 3.74. The van der Waals surface area contributed by atoms with Crippen LogP contribution in [0.15, 0.2) is 24.3 Å². The molecule has 132 valence electrons. The maximum atomic E-state index is 12.4. The van der Waals surface area contributed by atoms with Crippen LogP contribution in [0.5, 0.6) is 0 Å². The van der Waals surface area contributed by atoms with E-state index < -0.39 is 0 Å². The van der Waals surface area contributed by atoms with Crippen molar-refractivity contribution in [3.05, 3.63) is 29.8 Å². The first-order valence-corrected chi connectivity index (χ1v) is 9.16. The number of benzene rings is 1. The minimum atomic E-state index is 0.0755. The second-order valence-electron chi connectivity index (χ2n) is 7.18. The second kappa shape index (κ2) is 7.88. The maximum Gasteiger partial charge on any atom is 0.317 e. The number of anilines is 1. The number of hydrogen-bond acceptors (Lipinski definition) is 3. The van der Waals surface area contributed by atoms with Crippen LogP contribution in [0.1, 0.15) is 31.2 Å². The number of carbonyl (C=O) groups excluding carboxylic acids is 1. The molecule has 2 saturated heterocycles. The van der Waals surface area contributed by atoms with Gasteiger partial charge in [0.25, 0.3) is 0 Å². The zero-order chi connectivity index (χ0) is 16.9. The van der Waals surface area contributed by atoms with Crippen molar-refractivity contribution < 1.29 is 4.79 Å².